The molecule has 0 fully saturated rings. The molecule has 1 atom stereocenters. The van der Waals surface area contributed by atoms with E-state index in [9.17, 15) is 14.9 Å². The Hall–Kier alpha value is -1.70. The van der Waals surface area contributed by atoms with Crippen LogP contribution in [-0.2, 0) is 4.79 Å². The standard InChI is InChI=1S/C9H14N4O3S/c1-4-12(3)8(14)6(2)11-9-10-5-7(17-9)13(15)16/h5-6H,4H2,1-3H3,(H,10,11). The molecule has 0 aromatic carbocycles. The first-order valence-corrected chi connectivity index (χ1v) is 5.89. The Labute approximate surface area is 103 Å². The molecule has 0 saturated heterocycles. The number of nitrogens with zero attached hydrogens (tertiary/aromatic N) is 3. The van der Waals surface area contributed by atoms with Crippen LogP contribution in [0, 0.1) is 10.1 Å². The van der Waals surface area contributed by atoms with E-state index in [-0.39, 0.29) is 10.9 Å². The smallest absolute Gasteiger partial charge is 0.345 e. The molecule has 1 N–H and O–H groups in total. The van der Waals surface area contributed by atoms with Gasteiger partial charge in [-0.1, -0.05) is 0 Å². The van der Waals surface area contributed by atoms with Crippen LogP contribution in [0.25, 0.3) is 0 Å². The number of rotatable bonds is 5. The lowest BCUT2D eigenvalue weighted by Gasteiger charge is -2.19. The van der Waals surface area contributed by atoms with Crippen molar-refractivity contribution in [2.45, 2.75) is 19.9 Å². The van der Waals surface area contributed by atoms with Gasteiger partial charge in [-0.25, -0.2) is 4.98 Å². The molecule has 1 amide bonds. The minimum Gasteiger partial charge on any atom is -0.350 e. The lowest BCUT2D eigenvalue weighted by Crippen LogP contribution is -2.38. The molecule has 8 heteroatoms. The third-order valence-electron chi connectivity index (χ3n) is 2.23. The van der Waals surface area contributed by atoms with E-state index < -0.39 is 11.0 Å². The first-order chi connectivity index (χ1) is 7.95. The number of anilines is 1. The number of hydrogen-bond acceptors (Lipinski definition) is 6. The fourth-order valence-electron chi connectivity index (χ4n) is 1.15. The number of nitro groups is 1. The van der Waals surface area contributed by atoms with Crippen molar-refractivity contribution in [1.82, 2.24) is 9.88 Å². The van der Waals surface area contributed by atoms with Crippen molar-refractivity contribution in [2.75, 3.05) is 18.9 Å². The van der Waals surface area contributed by atoms with Gasteiger partial charge in [0, 0.05) is 13.6 Å². The fraction of sp³-hybridized carbons (Fsp3) is 0.556. The Morgan fingerprint density at radius 3 is 2.88 bits per heavy atom. The van der Waals surface area contributed by atoms with Crippen LogP contribution in [0.4, 0.5) is 10.1 Å². The molecule has 7 nitrogen and oxygen atoms in total. The van der Waals surface area contributed by atoms with Crippen molar-refractivity contribution in [1.29, 1.82) is 0 Å². The molecule has 1 aromatic rings. The van der Waals surface area contributed by atoms with E-state index in [0.29, 0.717) is 11.7 Å². The predicted octanol–water partition coefficient (Wildman–Crippen LogP) is 1.33. The summed E-state index contributed by atoms with van der Waals surface area (Å²) in [6.45, 7) is 4.18. The third kappa shape index (κ3) is 3.38. The predicted molar refractivity (Wildman–Crippen MR) is 65.2 cm³/mol. The molecule has 17 heavy (non-hydrogen) atoms. The van der Waals surface area contributed by atoms with Gasteiger partial charge in [0.1, 0.15) is 12.2 Å². The molecule has 1 rings (SSSR count). The lowest BCUT2D eigenvalue weighted by molar-refractivity contribution is -0.380. The zero-order valence-corrected chi connectivity index (χ0v) is 10.7. The molecule has 0 radical (unpaired) electrons. The highest BCUT2D eigenvalue weighted by Crippen LogP contribution is 2.25. The zero-order chi connectivity index (χ0) is 13.0. The number of carbonyl (C=O) groups is 1. The van der Waals surface area contributed by atoms with E-state index in [1.807, 2.05) is 6.92 Å². The summed E-state index contributed by atoms with van der Waals surface area (Å²) in [4.78, 5) is 27.1. The summed E-state index contributed by atoms with van der Waals surface area (Å²) in [6, 6.07) is -0.453. The van der Waals surface area contributed by atoms with Crippen molar-refractivity contribution < 1.29 is 9.72 Å². The molecule has 0 bridgehead atoms. The van der Waals surface area contributed by atoms with E-state index in [1.165, 1.54) is 6.20 Å². The van der Waals surface area contributed by atoms with Crippen LogP contribution >= 0.6 is 11.3 Å². The highest BCUT2D eigenvalue weighted by atomic mass is 32.1. The summed E-state index contributed by atoms with van der Waals surface area (Å²) in [7, 11) is 1.70. The number of carbonyl (C=O) groups excluding carboxylic acids is 1. The maximum atomic E-state index is 11.7. The van der Waals surface area contributed by atoms with Crippen molar-refractivity contribution in [3.05, 3.63) is 16.3 Å². The number of aromatic nitrogens is 1. The first kappa shape index (κ1) is 13.4. The number of hydrogen-bond donors (Lipinski definition) is 1. The quantitative estimate of drug-likeness (QED) is 0.635. The van der Waals surface area contributed by atoms with Gasteiger partial charge < -0.3 is 10.2 Å². The van der Waals surface area contributed by atoms with E-state index >= 15 is 0 Å². The third-order valence-corrected chi connectivity index (χ3v) is 3.11. The second-order valence-corrected chi connectivity index (χ2v) is 4.49. The van der Waals surface area contributed by atoms with E-state index in [1.54, 1.807) is 18.9 Å². The summed E-state index contributed by atoms with van der Waals surface area (Å²) in [5, 5.41) is 13.6. The lowest BCUT2D eigenvalue weighted by atomic mass is 10.3. The second kappa shape index (κ2) is 5.58. The number of nitrogens with one attached hydrogen (secondary N) is 1. The topological polar surface area (TPSA) is 88.4 Å². The Morgan fingerprint density at radius 2 is 2.41 bits per heavy atom. The molecule has 0 spiro atoms. The Morgan fingerprint density at radius 1 is 1.76 bits per heavy atom. The molecule has 0 aliphatic rings. The highest BCUT2D eigenvalue weighted by molar-refractivity contribution is 7.18. The van der Waals surface area contributed by atoms with Crippen LogP contribution in [0.2, 0.25) is 0 Å². The molecular formula is C9H14N4O3S. The average molecular weight is 258 g/mol. The van der Waals surface area contributed by atoms with Gasteiger partial charge in [-0.15, -0.1) is 0 Å². The van der Waals surface area contributed by atoms with Gasteiger partial charge in [0.25, 0.3) is 0 Å². The normalized spacial score (nSPS) is 11.9. The number of thiazole rings is 1. The summed E-state index contributed by atoms with van der Waals surface area (Å²) in [5.41, 5.74) is 0. The van der Waals surface area contributed by atoms with Crippen LogP contribution in [0.1, 0.15) is 13.8 Å². The van der Waals surface area contributed by atoms with E-state index in [0.717, 1.165) is 11.3 Å². The Balaban J connectivity index is 2.64. The number of likely N-dealkylation sites (N-methyl/N-ethyl adjacent to an activating group) is 1. The molecule has 1 unspecified atom stereocenters. The van der Waals surface area contributed by atoms with Gasteiger partial charge >= 0.3 is 5.00 Å². The van der Waals surface area contributed by atoms with Gasteiger partial charge in [0.15, 0.2) is 5.13 Å². The molecule has 1 heterocycles. The molecular weight excluding hydrogens is 244 g/mol. The van der Waals surface area contributed by atoms with E-state index in [2.05, 4.69) is 10.3 Å². The van der Waals surface area contributed by atoms with Gasteiger partial charge in [-0.2, -0.15) is 0 Å². The monoisotopic (exact) mass is 258 g/mol. The van der Waals surface area contributed by atoms with E-state index in [4.69, 9.17) is 0 Å². The van der Waals surface area contributed by atoms with Crippen molar-refractivity contribution in [2.24, 2.45) is 0 Å². The zero-order valence-electron chi connectivity index (χ0n) is 9.84. The summed E-state index contributed by atoms with van der Waals surface area (Å²) >= 11 is 0.914. The maximum absolute atomic E-state index is 11.7. The molecule has 0 saturated carbocycles. The average Bonchev–Trinajstić information content (AvgIpc) is 2.75. The Bertz CT molecular complexity index is 420. The summed E-state index contributed by atoms with van der Waals surface area (Å²) in [6.07, 6.45) is 1.17. The number of amides is 1. The minimum absolute atomic E-state index is 0.0454. The molecule has 1 aromatic heterocycles. The van der Waals surface area contributed by atoms with Crippen LogP contribution < -0.4 is 5.32 Å². The maximum Gasteiger partial charge on any atom is 0.345 e. The van der Waals surface area contributed by atoms with Crippen molar-refractivity contribution >= 4 is 27.4 Å². The van der Waals surface area contributed by atoms with Crippen molar-refractivity contribution in [3.63, 3.8) is 0 Å². The minimum atomic E-state index is -0.506. The molecule has 0 aliphatic heterocycles. The summed E-state index contributed by atoms with van der Waals surface area (Å²) < 4.78 is 0. The highest BCUT2D eigenvalue weighted by Gasteiger charge is 2.19. The Kier molecular flexibility index (Phi) is 4.38. The van der Waals surface area contributed by atoms with Gasteiger partial charge in [-0.05, 0) is 25.2 Å². The van der Waals surface area contributed by atoms with Gasteiger partial charge in [0.05, 0.1) is 4.92 Å². The SMILES string of the molecule is CCN(C)C(=O)C(C)Nc1ncc([N+](=O)[O-])s1. The summed E-state index contributed by atoms with van der Waals surface area (Å²) in [5.74, 6) is -0.0784. The van der Waals surface area contributed by atoms with Gasteiger partial charge in [0.2, 0.25) is 5.91 Å². The molecule has 0 aliphatic carbocycles. The van der Waals surface area contributed by atoms with Crippen LogP contribution in [-0.4, -0.2) is 40.3 Å². The molecule has 94 valence electrons. The van der Waals surface area contributed by atoms with Gasteiger partial charge in [-0.3, -0.25) is 14.9 Å². The van der Waals surface area contributed by atoms with Crippen LogP contribution in [0.3, 0.4) is 0 Å². The van der Waals surface area contributed by atoms with Crippen LogP contribution in [0.15, 0.2) is 6.20 Å². The fourth-order valence-corrected chi connectivity index (χ4v) is 1.87. The first-order valence-electron chi connectivity index (χ1n) is 5.07. The largest absolute Gasteiger partial charge is 0.350 e. The second-order valence-electron chi connectivity index (χ2n) is 3.48. The van der Waals surface area contributed by atoms with Crippen molar-refractivity contribution in [3.8, 4) is 0 Å². The van der Waals surface area contributed by atoms with Crippen LogP contribution in [0.5, 0.6) is 0 Å².